The molecule has 0 spiro atoms. The van der Waals surface area contributed by atoms with Crippen molar-refractivity contribution in [3.8, 4) is 5.75 Å². The minimum atomic E-state index is -0.607. The molecule has 2 rings (SSSR count). The summed E-state index contributed by atoms with van der Waals surface area (Å²) in [6, 6.07) is 4.93. The Bertz CT molecular complexity index is 522. The normalized spacial score (nSPS) is 16.8. The zero-order chi connectivity index (χ0) is 16.7. The van der Waals surface area contributed by atoms with Gasteiger partial charge in [0, 0.05) is 18.0 Å². The van der Waals surface area contributed by atoms with Crippen molar-refractivity contribution in [2.75, 3.05) is 39.4 Å². The van der Waals surface area contributed by atoms with Crippen LogP contribution in [-0.2, 0) is 9.53 Å². The number of carbonyl (C=O) groups is 1. The monoisotopic (exact) mass is 361 g/mol. The summed E-state index contributed by atoms with van der Waals surface area (Å²) in [6.07, 6.45) is 0.333. The Morgan fingerprint density at radius 2 is 2.13 bits per heavy atom. The zero-order valence-corrected chi connectivity index (χ0v) is 14.8. The summed E-state index contributed by atoms with van der Waals surface area (Å²) in [5, 5.41) is 3.82. The number of quaternary nitrogens is 1. The molecule has 1 amide bonds. The maximum atomic E-state index is 12.0. The van der Waals surface area contributed by atoms with Gasteiger partial charge >= 0.3 is 0 Å². The highest BCUT2D eigenvalue weighted by Crippen LogP contribution is 2.28. The third kappa shape index (κ3) is 6.18. The largest absolute Gasteiger partial charge is 0.479 e. The molecule has 1 aromatic rings. The molecule has 0 saturated carbocycles. The minimum absolute atomic E-state index is 0.145. The third-order valence-electron chi connectivity index (χ3n) is 3.77. The number of carbonyl (C=O) groups excluding carboxylic acids is 1. The zero-order valence-electron chi connectivity index (χ0n) is 13.2. The highest BCUT2D eigenvalue weighted by molar-refractivity contribution is 6.35. The smallest absolute Gasteiger partial charge is 0.260 e. The molecule has 1 aromatic carbocycles. The molecule has 128 valence electrons. The van der Waals surface area contributed by atoms with Gasteiger partial charge in [0.25, 0.3) is 5.91 Å². The molecule has 0 unspecified atom stereocenters. The standard InChI is InChI=1S/C16H22Cl2N2O3/c1-12(23-15-4-3-13(17)11-14(15)18)16(21)19-5-2-6-20-7-9-22-10-8-20/h3-4,11-12H,2,5-10H2,1H3,(H,19,21)/p+1/t12-/m0/s1. The van der Waals surface area contributed by atoms with E-state index in [4.69, 9.17) is 32.7 Å². The Labute approximate surface area is 146 Å². The first kappa shape index (κ1) is 18.3. The first-order valence-electron chi connectivity index (χ1n) is 7.87. The van der Waals surface area contributed by atoms with Crippen molar-refractivity contribution in [1.82, 2.24) is 5.32 Å². The third-order valence-corrected chi connectivity index (χ3v) is 4.30. The van der Waals surface area contributed by atoms with Gasteiger partial charge in [-0.3, -0.25) is 4.79 Å². The summed E-state index contributed by atoms with van der Waals surface area (Å²) in [7, 11) is 0. The van der Waals surface area contributed by atoms with Crippen LogP contribution < -0.4 is 15.0 Å². The maximum Gasteiger partial charge on any atom is 0.260 e. The van der Waals surface area contributed by atoms with E-state index < -0.39 is 6.10 Å². The molecule has 2 N–H and O–H groups in total. The Morgan fingerprint density at radius 1 is 1.39 bits per heavy atom. The van der Waals surface area contributed by atoms with Crippen molar-refractivity contribution in [2.45, 2.75) is 19.4 Å². The summed E-state index contributed by atoms with van der Waals surface area (Å²) in [4.78, 5) is 13.6. The van der Waals surface area contributed by atoms with Gasteiger partial charge in [-0.25, -0.2) is 0 Å². The van der Waals surface area contributed by atoms with Gasteiger partial charge in [0.15, 0.2) is 6.10 Å². The summed E-state index contributed by atoms with van der Waals surface area (Å²) in [5.41, 5.74) is 0. The molecule has 5 nitrogen and oxygen atoms in total. The molecule has 1 aliphatic heterocycles. The number of hydrogen-bond acceptors (Lipinski definition) is 3. The maximum absolute atomic E-state index is 12.0. The van der Waals surface area contributed by atoms with Crippen molar-refractivity contribution in [1.29, 1.82) is 0 Å². The van der Waals surface area contributed by atoms with Crippen LogP contribution in [-0.4, -0.2) is 51.4 Å². The number of amides is 1. The summed E-state index contributed by atoms with van der Waals surface area (Å²) in [5.74, 6) is 0.310. The van der Waals surface area contributed by atoms with Crippen molar-refractivity contribution in [2.24, 2.45) is 0 Å². The van der Waals surface area contributed by atoms with Gasteiger partial charge in [-0.1, -0.05) is 23.2 Å². The molecule has 1 aliphatic rings. The lowest BCUT2D eigenvalue weighted by Gasteiger charge is -2.23. The van der Waals surface area contributed by atoms with E-state index in [1.165, 1.54) is 4.90 Å². The number of nitrogens with one attached hydrogen (secondary N) is 2. The number of hydrogen-bond donors (Lipinski definition) is 2. The average molecular weight is 362 g/mol. The van der Waals surface area contributed by atoms with Crippen LogP contribution in [0.15, 0.2) is 18.2 Å². The van der Waals surface area contributed by atoms with Crippen molar-refractivity contribution >= 4 is 29.1 Å². The van der Waals surface area contributed by atoms with E-state index in [9.17, 15) is 4.79 Å². The predicted octanol–water partition coefficient (Wildman–Crippen LogP) is 1.18. The average Bonchev–Trinajstić information content (AvgIpc) is 2.55. The Balaban J connectivity index is 1.68. The molecule has 7 heteroatoms. The second-order valence-electron chi connectivity index (χ2n) is 5.59. The fourth-order valence-electron chi connectivity index (χ4n) is 2.42. The Morgan fingerprint density at radius 3 is 2.83 bits per heavy atom. The van der Waals surface area contributed by atoms with Gasteiger partial charge in [-0.2, -0.15) is 0 Å². The van der Waals surface area contributed by atoms with Crippen LogP contribution in [0.4, 0.5) is 0 Å². The van der Waals surface area contributed by atoms with Gasteiger partial charge in [-0.05, 0) is 25.1 Å². The van der Waals surface area contributed by atoms with Crippen LogP contribution in [0.2, 0.25) is 10.0 Å². The van der Waals surface area contributed by atoms with Gasteiger partial charge in [0.2, 0.25) is 0 Å². The second kappa shape index (κ2) is 9.33. The van der Waals surface area contributed by atoms with E-state index in [0.29, 0.717) is 22.3 Å². The SMILES string of the molecule is C[C@H](Oc1ccc(Cl)cc1Cl)C(=O)NCCC[NH+]1CCOCC1. The quantitative estimate of drug-likeness (QED) is 0.717. The fourth-order valence-corrected chi connectivity index (χ4v) is 2.87. The van der Waals surface area contributed by atoms with Gasteiger partial charge in [0.1, 0.15) is 18.8 Å². The number of rotatable bonds is 7. The van der Waals surface area contributed by atoms with Crippen molar-refractivity contribution < 1.29 is 19.2 Å². The number of ether oxygens (including phenoxy) is 2. The van der Waals surface area contributed by atoms with Gasteiger partial charge in [0.05, 0.1) is 24.8 Å². The fraction of sp³-hybridized carbons (Fsp3) is 0.562. The van der Waals surface area contributed by atoms with Gasteiger partial charge < -0.3 is 19.7 Å². The first-order valence-corrected chi connectivity index (χ1v) is 8.62. The van der Waals surface area contributed by atoms with E-state index in [1.54, 1.807) is 25.1 Å². The second-order valence-corrected chi connectivity index (χ2v) is 6.44. The lowest BCUT2D eigenvalue weighted by atomic mass is 10.3. The van der Waals surface area contributed by atoms with Crippen LogP contribution in [0.3, 0.4) is 0 Å². The molecule has 0 aromatic heterocycles. The van der Waals surface area contributed by atoms with Crippen LogP contribution in [0.5, 0.6) is 5.75 Å². The number of benzene rings is 1. The van der Waals surface area contributed by atoms with Crippen molar-refractivity contribution in [3.63, 3.8) is 0 Å². The number of morpholine rings is 1. The summed E-state index contributed by atoms with van der Waals surface area (Å²) in [6.45, 7) is 7.13. The molecule has 0 bridgehead atoms. The van der Waals surface area contributed by atoms with Gasteiger partial charge in [-0.15, -0.1) is 0 Å². The van der Waals surface area contributed by atoms with Crippen LogP contribution >= 0.6 is 23.2 Å². The van der Waals surface area contributed by atoms with Crippen LogP contribution in [0.1, 0.15) is 13.3 Å². The molecule has 0 aliphatic carbocycles. The molecule has 1 atom stereocenters. The lowest BCUT2D eigenvalue weighted by molar-refractivity contribution is -0.908. The van der Waals surface area contributed by atoms with E-state index in [0.717, 1.165) is 39.3 Å². The lowest BCUT2D eigenvalue weighted by Crippen LogP contribution is -3.14. The molecule has 1 heterocycles. The predicted molar refractivity (Wildman–Crippen MR) is 90.6 cm³/mol. The van der Waals surface area contributed by atoms with E-state index in [2.05, 4.69) is 5.32 Å². The highest BCUT2D eigenvalue weighted by Gasteiger charge is 2.17. The summed E-state index contributed by atoms with van der Waals surface area (Å²) >= 11 is 11.9. The summed E-state index contributed by atoms with van der Waals surface area (Å²) < 4.78 is 10.9. The molecule has 23 heavy (non-hydrogen) atoms. The Hall–Kier alpha value is -1.01. The highest BCUT2D eigenvalue weighted by atomic mass is 35.5. The topological polar surface area (TPSA) is 52.0 Å². The molecule has 0 radical (unpaired) electrons. The number of halogens is 2. The molecular formula is C16H23Cl2N2O3+. The van der Waals surface area contributed by atoms with Crippen LogP contribution in [0, 0.1) is 0 Å². The minimum Gasteiger partial charge on any atom is -0.479 e. The molecule has 1 saturated heterocycles. The van der Waals surface area contributed by atoms with Crippen molar-refractivity contribution in [3.05, 3.63) is 28.2 Å². The molecule has 1 fully saturated rings. The van der Waals surface area contributed by atoms with Crippen LogP contribution in [0.25, 0.3) is 0 Å². The van der Waals surface area contributed by atoms with E-state index >= 15 is 0 Å². The first-order chi connectivity index (χ1) is 11.1. The van der Waals surface area contributed by atoms with E-state index in [1.807, 2.05) is 0 Å². The molecular weight excluding hydrogens is 339 g/mol. The Kier molecular flexibility index (Phi) is 7.43. The van der Waals surface area contributed by atoms with E-state index in [-0.39, 0.29) is 5.91 Å².